The normalized spacial score (nSPS) is 12.9. The fourth-order valence-electron chi connectivity index (χ4n) is 1.46. The number of carbonyl (C=O) groups is 1. The lowest BCUT2D eigenvalue weighted by atomic mass is 10.1. The summed E-state index contributed by atoms with van der Waals surface area (Å²) < 4.78 is 45.6. The molecule has 106 valence electrons. The molecule has 8 heteroatoms. The van der Waals surface area contributed by atoms with Crippen LogP contribution in [0, 0.1) is 5.82 Å². The second-order valence-electron chi connectivity index (χ2n) is 3.72. The molecule has 1 N–H and O–H groups in total. The SMILES string of the molecule is COC(=O)C(O)c1cc(F)c(S(C)(=O)=O)cc1OC. The summed E-state index contributed by atoms with van der Waals surface area (Å²) in [6, 6.07) is 1.64. The molecule has 0 saturated heterocycles. The summed E-state index contributed by atoms with van der Waals surface area (Å²) in [5, 5.41) is 9.65. The fourth-order valence-corrected chi connectivity index (χ4v) is 2.20. The van der Waals surface area contributed by atoms with Crippen molar-refractivity contribution in [2.75, 3.05) is 20.5 Å². The number of aliphatic hydroxyl groups is 1. The summed E-state index contributed by atoms with van der Waals surface area (Å²) in [6.45, 7) is 0. The molecule has 0 aliphatic heterocycles. The molecule has 0 aliphatic carbocycles. The van der Waals surface area contributed by atoms with E-state index in [0.717, 1.165) is 25.5 Å². The van der Waals surface area contributed by atoms with Crippen molar-refractivity contribution in [2.45, 2.75) is 11.0 Å². The minimum atomic E-state index is -3.79. The third-order valence-electron chi connectivity index (χ3n) is 2.40. The molecule has 0 radical (unpaired) electrons. The predicted octanol–water partition coefficient (Wildman–Crippen LogP) is 0.444. The lowest BCUT2D eigenvalue weighted by Gasteiger charge is -2.14. The van der Waals surface area contributed by atoms with Gasteiger partial charge in [-0.1, -0.05) is 0 Å². The number of aliphatic hydroxyl groups excluding tert-OH is 1. The van der Waals surface area contributed by atoms with Crippen molar-refractivity contribution in [3.05, 3.63) is 23.5 Å². The number of rotatable bonds is 4. The van der Waals surface area contributed by atoms with Crippen molar-refractivity contribution in [1.29, 1.82) is 0 Å². The quantitative estimate of drug-likeness (QED) is 0.810. The van der Waals surface area contributed by atoms with Crippen molar-refractivity contribution < 1.29 is 32.2 Å². The first kappa shape index (κ1) is 15.4. The molecule has 0 saturated carbocycles. The van der Waals surface area contributed by atoms with Gasteiger partial charge in [-0.15, -0.1) is 0 Å². The van der Waals surface area contributed by atoms with Gasteiger partial charge >= 0.3 is 5.97 Å². The van der Waals surface area contributed by atoms with Crippen LogP contribution in [0.15, 0.2) is 17.0 Å². The topological polar surface area (TPSA) is 89.9 Å². The Morgan fingerprint density at radius 3 is 2.37 bits per heavy atom. The number of benzene rings is 1. The van der Waals surface area contributed by atoms with E-state index >= 15 is 0 Å². The third-order valence-corrected chi connectivity index (χ3v) is 3.51. The van der Waals surface area contributed by atoms with E-state index < -0.39 is 32.6 Å². The van der Waals surface area contributed by atoms with Crippen LogP contribution in [0.2, 0.25) is 0 Å². The molecule has 0 aliphatic rings. The first-order valence-electron chi connectivity index (χ1n) is 5.05. The van der Waals surface area contributed by atoms with E-state index in [1.54, 1.807) is 0 Å². The zero-order valence-electron chi connectivity index (χ0n) is 10.5. The van der Waals surface area contributed by atoms with Crippen molar-refractivity contribution in [3.63, 3.8) is 0 Å². The lowest BCUT2D eigenvalue weighted by molar-refractivity contribution is -0.150. The molecule has 0 fully saturated rings. The van der Waals surface area contributed by atoms with Crippen LogP contribution >= 0.6 is 0 Å². The monoisotopic (exact) mass is 292 g/mol. The molecular formula is C11H13FO6S. The number of sulfone groups is 1. The van der Waals surface area contributed by atoms with Gasteiger partial charge in [0, 0.05) is 17.9 Å². The van der Waals surface area contributed by atoms with Crippen LogP contribution in [0.1, 0.15) is 11.7 Å². The standard InChI is InChI=1S/C11H13FO6S/c1-17-8-5-9(19(3,15)16)7(12)4-6(8)10(13)11(14)18-2/h4-5,10,13H,1-3H3. The summed E-state index contributed by atoms with van der Waals surface area (Å²) in [7, 11) is -1.53. The van der Waals surface area contributed by atoms with Gasteiger partial charge in [0.25, 0.3) is 0 Å². The van der Waals surface area contributed by atoms with Crippen LogP contribution in [0.25, 0.3) is 0 Å². The van der Waals surface area contributed by atoms with Crippen LogP contribution in [0.4, 0.5) is 4.39 Å². The van der Waals surface area contributed by atoms with Gasteiger partial charge in [0.15, 0.2) is 15.9 Å². The van der Waals surface area contributed by atoms with Crippen LogP contribution < -0.4 is 4.74 Å². The minimum absolute atomic E-state index is 0.125. The Bertz CT molecular complexity index is 595. The number of esters is 1. The van der Waals surface area contributed by atoms with Gasteiger partial charge in [0.05, 0.1) is 14.2 Å². The fraction of sp³-hybridized carbons (Fsp3) is 0.364. The average Bonchev–Trinajstić information content (AvgIpc) is 2.35. The second kappa shape index (κ2) is 5.54. The van der Waals surface area contributed by atoms with Gasteiger partial charge < -0.3 is 14.6 Å². The van der Waals surface area contributed by atoms with Crippen LogP contribution in [-0.2, 0) is 19.4 Å². The first-order chi connectivity index (χ1) is 8.72. The molecule has 1 aromatic rings. The number of halogens is 1. The van der Waals surface area contributed by atoms with Crippen molar-refractivity contribution >= 4 is 15.8 Å². The smallest absolute Gasteiger partial charge is 0.339 e. The highest BCUT2D eigenvalue weighted by atomic mass is 32.2. The van der Waals surface area contributed by atoms with E-state index in [0.29, 0.717) is 0 Å². The van der Waals surface area contributed by atoms with Gasteiger partial charge in [-0.05, 0) is 6.07 Å². The molecule has 0 amide bonds. The molecular weight excluding hydrogens is 279 g/mol. The summed E-state index contributed by atoms with van der Waals surface area (Å²) in [6.07, 6.45) is -0.926. The van der Waals surface area contributed by atoms with Gasteiger partial charge in [-0.2, -0.15) is 0 Å². The summed E-state index contributed by atoms with van der Waals surface area (Å²) in [5.74, 6) is -2.22. The Kier molecular flexibility index (Phi) is 4.48. The highest BCUT2D eigenvalue weighted by molar-refractivity contribution is 7.90. The highest BCUT2D eigenvalue weighted by Crippen LogP contribution is 2.30. The number of carbonyl (C=O) groups excluding carboxylic acids is 1. The van der Waals surface area contributed by atoms with Crippen molar-refractivity contribution in [3.8, 4) is 5.75 Å². The number of ether oxygens (including phenoxy) is 2. The first-order valence-corrected chi connectivity index (χ1v) is 6.95. The van der Waals surface area contributed by atoms with E-state index in [1.165, 1.54) is 7.11 Å². The maximum absolute atomic E-state index is 13.7. The summed E-state index contributed by atoms with van der Waals surface area (Å²) >= 11 is 0. The van der Waals surface area contributed by atoms with E-state index in [4.69, 9.17) is 4.74 Å². The van der Waals surface area contributed by atoms with E-state index in [2.05, 4.69) is 4.74 Å². The Hall–Kier alpha value is -1.67. The zero-order valence-corrected chi connectivity index (χ0v) is 11.3. The molecule has 1 aromatic carbocycles. The van der Waals surface area contributed by atoms with Crippen LogP contribution in [0.5, 0.6) is 5.75 Å². The second-order valence-corrected chi connectivity index (χ2v) is 5.71. The highest BCUT2D eigenvalue weighted by Gasteiger charge is 2.26. The maximum Gasteiger partial charge on any atom is 0.339 e. The Morgan fingerprint density at radius 2 is 1.95 bits per heavy atom. The molecule has 1 atom stereocenters. The summed E-state index contributed by atoms with van der Waals surface area (Å²) in [4.78, 5) is 10.6. The van der Waals surface area contributed by atoms with Crippen molar-refractivity contribution in [1.82, 2.24) is 0 Å². The third kappa shape index (κ3) is 3.21. The van der Waals surface area contributed by atoms with Crippen LogP contribution in [-0.4, -0.2) is 40.0 Å². The summed E-state index contributed by atoms with van der Waals surface area (Å²) in [5.41, 5.74) is -0.209. The lowest BCUT2D eigenvalue weighted by Crippen LogP contribution is -2.15. The Balaban J connectivity index is 3.45. The Labute approximate surface area is 109 Å². The molecule has 0 aromatic heterocycles. The van der Waals surface area contributed by atoms with Gasteiger partial charge in [0.1, 0.15) is 16.5 Å². The molecule has 1 unspecified atom stereocenters. The van der Waals surface area contributed by atoms with Crippen LogP contribution in [0.3, 0.4) is 0 Å². The van der Waals surface area contributed by atoms with E-state index in [1.807, 2.05) is 0 Å². The molecule has 0 spiro atoms. The van der Waals surface area contributed by atoms with Crippen molar-refractivity contribution in [2.24, 2.45) is 0 Å². The van der Waals surface area contributed by atoms with E-state index in [9.17, 15) is 22.7 Å². The van der Waals surface area contributed by atoms with E-state index in [-0.39, 0.29) is 11.3 Å². The largest absolute Gasteiger partial charge is 0.496 e. The molecule has 19 heavy (non-hydrogen) atoms. The molecule has 0 bridgehead atoms. The predicted molar refractivity (Wildman–Crippen MR) is 63.0 cm³/mol. The zero-order chi connectivity index (χ0) is 14.8. The molecule has 1 rings (SSSR count). The van der Waals surface area contributed by atoms with Gasteiger partial charge in [-0.3, -0.25) is 0 Å². The molecule has 0 heterocycles. The average molecular weight is 292 g/mol. The Morgan fingerprint density at radius 1 is 1.37 bits per heavy atom. The molecule has 6 nitrogen and oxygen atoms in total. The van der Waals surface area contributed by atoms with Gasteiger partial charge in [0.2, 0.25) is 0 Å². The van der Waals surface area contributed by atoms with Gasteiger partial charge in [-0.25, -0.2) is 17.6 Å². The number of hydrogen-bond donors (Lipinski definition) is 1. The number of methoxy groups -OCH3 is 2. The maximum atomic E-state index is 13.7. The number of hydrogen-bond acceptors (Lipinski definition) is 6. The minimum Gasteiger partial charge on any atom is -0.496 e.